The molecule has 0 aliphatic rings. The Morgan fingerprint density at radius 1 is 1.33 bits per heavy atom. The summed E-state index contributed by atoms with van der Waals surface area (Å²) in [5.74, 6) is 1.16. The number of rotatable bonds is 10. The van der Waals surface area contributed by atoms with Crippen LogP contribution in [0, 0.1) is 0 Å². The molecule has 3 N–H and O–H groups in total. The van der Waals surface area contributed by atoms with Crippen molar-refractivity contribution < 1.29 is 8.42 Å². The second-order valence-corrected chi connectivity index (χ2v) is 7.74. The van der Waals surface area contributed by atoms with E-state index in [9.17, 15) is 8.42 Å². The van der Waals surface area contributed by atoms with Crippen molar-refractivity contribution in [2.45, 2.75) is 30.6 Å². The van der Waals surface area contributed by atoms with Crippen LogP contribution in [0.3, 0.4) is 0 Å². The largest absolute Gasteiger partial charge is 0.388 e. The number of aromatic nitrogens is 1. The Morgan fingerprint density at radius 3 is 2.62 bits per heavy atom. The van der Waals surface area contributed by atoms with Gasteiger partial charge in [0.1, 0.15) is 9.88 Å². The molecule has 5 nitrogen and oxygen atoms in total. The van der Waals surface area contributed by atoms with Crippen LogP contribution in [0.5, 0.6) is 0 Å². The molecule has 0 saturated heterocycles. The highest BCUT2D eigenvalue weighted by Crippen LogP contribution is 2.09. The maximum absolute atomic E-state index is 12.0. The van der Waals surface area contributed by atoms with Gasteiger partial charge in [-0.3, -0.25) is 4.98 Å². The third kappa shape index (κ3) is 6.73. The van der Waals surface area contributed by atoms with Gasteiger partial charge < -0.3 is 5.73 Å². The van der Waals surface area contributed by atoms with Gasteiger partial charge in [0.25, 0.3) is 0 Å². The maximum Gasteiger partial charge on any atom is 0.242 e. The van der Waals surface area contributed by atoms with Crippen LogP contribution in [-0.2, 0) is 10.0 Å². The quantitative estimate of drug-likeness (QED) is 0.497. The van der Waals surface area contributed by atoms with Gasteiger partial charge in [-0.15, -0.1) is 0 Å². The van der Waals surface area contributed by atoms with Crippen molar-refractivity contribution in [2.24, 2.45) is 5.73 Å². The summed E-state index contributed by atoms with van der Waals surface area (Å²) in [7, 11) is -3.50. The van der Waals surface area contributed by atoms with Crippen molar-refractivity contribution in [3.05, 3.63) is 24.0 Å². The molecule has 118 valence electrons. The lowest BCUT2D eigenvalue weighted by atomic mass is 10.2. The monoisotopic (exact) mass is 347 g/mol. The van der Waals surface area contributed by atoms with Crippen molar-refractivity contribution >= 4 is 39.0 Å². The lowest BCUT2D eigenvalue weighted by Crippen LogP contribution is -2.25. The van der Waals surface area contributed by atoms with E-state index in [1.165, 1.54) is 24.8 Å². The highest BCUT2D eigenvalue weighted by Gasteiger charge is 2.13. The highest BCUT2D eigenvalue weighted by molar-refractivity contribution is 7.98. The average Bonchev–Trinajstić information content (AvgIpc) is 2.46. The fourth-order valence-corrected chi connectivity index (χ4v) is 3.33. The van der Waals surface area contributed by atoms with Gasteiger partial charge in [-0.05, 0) is 37.0 Å². The second-order valence-electron chi connectivity index (χ2n) is 4.55. The number of hydrogen-bond donors (Lipinski definition) is 2. The van der Waals surface area contributed by atoms with Gasteiger partial charge >= 0.3 is 0 Å². The third-order valence-electron chi connectivity index (χ3n) is 2.87. The molecule has 21 heavy (non-hydrogen) atoms. The van der Waals surface area contributed by atoms with Crippen LogP contribution < -0.4 is 10.5 Å². The molecular formula is C13H21N3O2S3. The molecule has 0 spiro atoms. The van der Waals surface area contributed by atoms with Gasteiger partial charge in [-0.2, -0.15) is 11.8 Å². The number of nitrogens with zero attached hydrogens (tertiary/aromatic N) is 1. The number of unbranched alkanes of at least 4 members (excludes halogenated alkanes) is 3. The van der Waals surface area contributed by atoms with Crippen LogP contribution in [0.2, 0.25) is 0 Å². The zero-order valence-corrected chi connectivity index (χ0v) is 14.5. The minimum absolute atomic E-state index is 0.130. The van der Waals surface area contributed by atoms with Crippen LogP contribution in [0.4, 0.5) is 0 Å². The molecule has 0 unspecified atom stereocenters. The summed E-state index contributed by atoms with van der Waals surface area (Å²) >= 11 is 6.61. The van der Waals surface area contributed by atoms with Crippen LogP contribution in [0.25, 0.3) is 0 Å². The molecule has 8 heteroatoms. The normalized spacial score (nSPS) is 11.5. The molecule has 1 heterocycles. The Hall–Kier alpha value is -0.700. The van der Waals surface area contributed by atoms with E-state index in [0.29, 0.717) is 12.2 Å². The summed E-state index contributed by atoms with van der Waals surface area (Å²) < 4.78 is 26.6. The standard InChI is InChI=1S/C13H21N3O2S3/c1-20-9-5-3-2-4-8-16-21(17,18)11-6-7-12(13(14)19)15-10-11/h6-7,10,16H,2-5,8-9H2,1H3,(H2,14,19). The van der Waals surface area contributed by atoms with E-state index in [1.807, 2.05) is 11.8 Å². The Kier molecular flexibility index (Phi) is 8.16. The zero-order chi connectivity index (χ0) is 15.7. The third-order valence-corrected chi connectivity index (χ3v) is 5.22. The van der Waals surface area contributed by atoms with E-state index in [2.05, 4.69) is 16.0 Å². The zero-order valence-electron chi connectivity index (χ0n) is 12.0. The van der Waals surface area contributed by atoms with Crippen molar-refractivity contribution in [2.75, 3.05) is 18.6 Å². The summed E-state index contributed by atoms with van der Waals surface area (Å²) in [6.45, 7) is 0.443. The SMILES string of the molecule is CSCCCCCCNS(=O)(=O)c1ccc(C(N)=S)nc1. The van der Waals surface area contributed by atoms with Crippen molar-refractivity contribution in [1.29, 1.82) is 0 Å². The van der Waals surface area contributed by atoms with Gasteiger partial charge in [-0.1, -0.05) is 25.1 Å². The molecule has 0 radical (unpaired) electrons. The molecular weight excluding hydrogens is 326 g/mol. The van der Waals surface area contributed by atoms with Crippen molar-refractivity contribution in [3.8, 4) is 0 Å². The minimum Gasteiger partial charge on any atom is -0.388 e. The number of thioether (sulfide) groups is 1. The van der Waals surface area contributed by atoms with Crippen LogP contribution in [-0.4, -0.2) is 36.9 Å². The average molecular weight is 348 g/mol. The predicted octanol–water partition coefficient (Wildman–Crippen LogP) is 1.92. The Morgan fingerprint density at radius 2 is 2.05 bits per heavy atom. The summed E-state index contributed by atoms with van der Waals surface area (Å²) in [6, 6.07) is 2.97. The first-order valence-electron chi connectivity index (χ1n) is 6.72. The molecule has 0 aromatic carbocycles. The summed E-state index contributed by atoms with van der Waals surface area (Å²) in [5, 5.41) is 0. The molecule has 1 aromatic heterocycles. The first-order valence-corrected chi connectivity index (χ1v) is 10.0. The highest BCUT2D eigenvalue weighted by atomic mass is 32.2. The van der Waals surface area contributed by atoms with Gasteiger partial charge in [0, 0.05) is 12.7 Å². The fraction of sp³-hybridized carbons (Fsp3) is 0.538. The molecule has 0 saturated carbocycles. The number of nitrogens with two attached hydrogens (primary N) is 1. The number of hydrogen-bond acceptors (Lipinski definition) is 5. The molecule has 0 bridgehead atoms. The van der Waals surface area contributed by atoms with Gasteiger partial charge in [0.2, 0.25) is 10.0 Å². The topological polar surface area (TPSA) is 85.1 Å². The van der Waals surface area contributed by atoms with E-state index in [4.69, 9.17) is 18.0 Å². The van der Waals surface area contributed by atoms with Crippen LogP contribution >= 0.6 is 24.0 Å². The van der Waals surface area contributed by atoms with Gasteiger partial charge in [-0.25, -0.2) is 13.1 Å². The van der Waals surface area contributed by atoms with Crippen LogP contribution in [0.15, 0.2) is 23.2 Å². The Bertz CT molecular complexity index is 544. The summed E-state index contributed by atoms with van der Waals surface area (Å²) in [6.07, 6.45) is 7.54. The first-order chi connectivity index (χ1) is 9.97. The minimum atomic E-state index is -3.50. The van der Waals surface area contributed by atoms with E-state index >= 15 is 0 Å². The van der Waals surface area contributed by atoms with Gasteiger partial charge in [0.05, 0.1) is 5.69 Å². The summed E-state index contributed by atoms with van der Waals surface area (Å²) in [5.41, 5.74) is 5.84. The van der Waals surface area contributed by atoms with Crippen LogP contribution in [0.1, 0.15) is 31.4 Å². The molecule has 0 aliphatic heterocycles. The molecule has 0 aliphatic carbocycles. The Balaban J connectivity index is 2.41. The molecule has 0 amide bonds. The lowest BCUT2D eigenvalue weighted by Gasteiger charge is -2.07. The number of nitrogens with one attached hydrogen (secondary N) is 1. The number of thiocarbonyl (C=S) groups is 1. The first kappa shape index (κ1) is 18.3. The van der Waals surface area contributed by atoms with E-state index in [1.54, 1.807) is 0 Å². The second kappa shape index (κ2) is 9.34. The van der Waals surface area contributed by atoms with Gasteiger partial charge in [0.15, 0.2) is 0 Å². The Labute approximate surface area is 136 Å². The molecule has 1 rings (SSSR count). The molecule has 0 atom stereocenters. The predicted molar refractivity (Wildman–Crippen MR) is 92.2 cm³/mol. The van der Waals surface area contributed by atoms with Crippen molar-refractivity contribution in [3.63, 3.8) is 0 Å². The van der Waals surface area contributed by atoms with E-state index in [0.717, 1.165) is 25.0 Å². The lowest BCUT2D eigenvalue weighted by molar-refractivity contribution is 0.573. The van der Waals surface area contributed by atoms with E-state index in [-0.39, 0.29) is 9.88 Å². The number of sulfonamides is 1. The smallest absolute Gasteiger partial charge is 0.242 e. The summed E-state index contributed by atoms with van der Waals surface area (Å²) in [4.78, 5) is 4.21. The number of pyridine rings is 1. The van der Waals surface area contributed by atoms with E-state index < -0.39 is 10.0 Å². The maximum atomic E-state index is 12.0. The molecule has 1 aromatic rings. The van der Waals surface area contributed by atoms with Crippen molar-refractivity contribution in [1.82, 2.24) is 9.71 Å². The molecule has 0 fully saturated rings. The fourth-order valence-electron chi connectivity index (χ4n) is 1.70.